The van der Waals surface area contributed by atoms with Gasteiger partial charge in [0.1, 0.15) is 4.83 Å². The van der Waals surface area contributed by atoms with Gasteiger partial charge < -0.3 is 0 Å². The van der Waals surface area contributed by atoms with Crippen molar-refractivity contribution in [2.24, 2.45) is 7.05 Å². The predicted molar refractivity (Wildman–Crippen MR) is 120 cm³/mol. The van der Waals surface area contributed by atoms with Gasteiger partial charge in [-0.15, -0.1) is 22.7 Å². The maximum absolute atomic E-state index is 13.1. The Morgan fingerprint density at radius 2 is 2.03 bits per heavy atom. The Kier molecular flexibility index (Phi) is 4.53. The van der Waals surface area contributed by atoms with Crippen molar-refractivity contribution in [3.8, 4) is 10.4 Å². The van der Waals surface area contributed by atoms with Gasteiger partial charge in [0, 0.05) is 46.2 Å². The van der Waals surface area contributed by atoms with Gasteiger partial charge in [0.25, 0.3) is 5.56 Å². The molecule has 0 saturated carbocycles. The molecule has 0 aromatic carbocycles. The Hall–Kier alpha value is -2.49. The van der Waals surface area contributed by atoms with Crippen LogP contribution in [-0.2, 0) is 12.8 Å². The fourth-order valence-corrected chi connectivity index (χ4v) is 5.98. The van der Waals surface area contributed by atoms with Gasteiger partial charge in [-0.25, -0.2) is 15.0 Å². The molecule has 29 heavy (non-hydrogen) atoms. The Morgan fingerprint density at radius 3 is 2.83 bits per heavy atom. The van der Waals surface area contributed by atoms with Gasteiger partial charge in [-0.1, -0.05) is 17.8 Å². The van der Waals surface area contributed by atoms with Crippen LogP contribution in [-0.4, -0.2) is 23.9 Å². The quantitative estimate of drug-likeness (QED) is 0.301. The van der Waals surface area contributed by atoms with E-state index in [2.05, 4.69) is 9.97 Å². The molecule has 5 aromatic heterocycles. The molecular weight excluding hydrogens is 422 g/mol. The molecule has 0 aliphatic carbocycles. The summed E-state index contributed by atoms with van der Waals surface area (Å²) >= 11 is 4.67. The van der Waals surface area contributed by atoms with Crippen molar-refractivity contribution in [1.82, 2.24) is 23.9 Å². The largest absolute Gasteiger partial charge is 0.290 e. The smallest absolute Gasteiger partial charge is 0.263 e. The van der Waals surface area contributed by atoms with Gasteiger partial charge in [0.15, 0.2) is 5.16 Å². The van der Waals surface area contributed by atoms with Gasteiger partial charge in [0.2, 0.25) is 5.78 Å². The van der Waals surface area contributed by atoms with Gasteiger partial charge in [-0.3, -0.25) is 13.8 Å². The number of rotatable bonds is 4. The van der Waals surface area contributed by atoms with E-state index in [1.807, 2.05) is 53.4 Å². The minimum atomic E-state index is -0.00899. The van der Waals surface area contributed by atoms with Crippen molar-refractivity contribution in [3.05, 3.63) is 62.6 Å². The average Bonchev–Trinajstić information content (AvgIpc) is 3.41. The van der Waals surface area contributed by atoms with Crippen LogP contribution >= 0.6 is 34.4 Å². The van der Waals surface area contributed by atoms with E-state index in [0.29, 0.717) is 22.1 Å². The maximum Gasteiger partial charge on any atom is 0.263 e. The Labute approximate surface area is 178 Å². The number of hydrogen-bond donors (Lipinski definition) is 0. The third-order valence-electron chi connectivity index (χ3n) is 4.72. The third kappa shape index (κ3) is 3.19. The van der Waals surface area contributed by atoms with Crippen molar-refractivity contribution in [1.29, 1.82) is 0 Å². The minimum absolute atomic E-state index is 0.00899. The first-order chi connectivity index (χ1) is 14.0. The fourth-order valence-electron chi connectivity index (χ4n) is 3.32. The first-order valence-corrected chi connectivity index (χ1v) is 11.7. The molecule has 0 fully saturated rings. The van der Waals surface area contributed by atoms with Crippen LogP contribution in [0.4, 0.5) is 0 Å². The lowest BCUT2D eigenvalue weighted by Gasteiger charge is -2.06. The lowest BCUT2D eigenvalue weighted by Crippen LogP contribution is -2.19. The topological polar surface area (TPSA) is 65.1 Å². The van der Waals surface area contributed by atoms with E-state index in [1.54, 1.807) is 23.0 Å². The van der Waals surface area contributed by atoms with E-state index in [-0.39, 0.29) is 5.56 Å². The number of fused-ring (bicyclic) bond motifs is 2. The highest BCUT2D eigenvalue weighted by Gasteiger charge is 2.17. The summed E-state index contributed by atoms with van der Waals surface area (Å²) < 4.78 is 3.63. The number of aryl methyl sites for hydroxylation is 2. The Balaban J connectivity index is 1.49. The van der Waals surface area contributed by atoms with Crippen LogP contribution in [0.25, 0.3) is 26.4 Å². The predicted octanol–water partition coefficient (Wildman–Crippen LogP) is 4.68. The van der Waals surface area contributed by atoms with Crippen LogP contribution in [0.1, 0.15) is 17.1 Å². The second-order valence-corrected chi connectivity index (χ2v) is 9.54. The zero-order valence-electron chi connectivity index (χ0n) is 16.0. The van der Waals surface area contributed by atoms with Crippen LogP contribution in [0, 0.1) is 13.8 Å². The summed E-state index contributed by atoms with van der Waals surface area (Å²) in [6.07, 6.45) is 2.00. The molecule has 146 valence electrons. The normalized spacial score (nSPS) is 11.7. The van der Waals surface area contributed by atoms with Crippen molar-refractivity contribution in [2.75, 3.05) is 0 Å². The average molecular weight is 440 g/mol. The van der Waals surface area contributed by atoms with Crippen LogP contribution in [0.15, 0.2) is 45.1 Å². The highest BCUT2D eigenvalue weighted by molar-refractivity contribution is 7.98. The molecule has 0 radical (unpaired) electrons. The number of nitrogens with zero attached hydrogens (tertiary/aromatic N) is 5. The summed E-state index contributed by atoms with van der Waals surface area (Å²) in [5.74, 6) is 1.32. The Morgan fingerprint density at radius 1 is 1.17 bits per heavy atom. The zero-order chi connectivity index (χ0) is 20.1. The van der Waals surface area contributed by atoms with Gasteiger partial charge >= 0.3 is 0 Å². The molecule has 6 nitrogen and oxygen atoms in total. The van der Waals surface area contributed by atoms with E-state index in [1.165, 1.54) is 23.1 Å². The second kappa shape index (κ2) is 7.08. The molecule has 0 spiro atoms. The van der Waals surface area contributed by atoms with Crippen molar-refractivity contribution < 1.29 is 0 Å². The molecule has 9 heteroatoms. The van der Waals surface area contributed by atoms with Crippen LogP contribution in [0.2, 0.25) is 0 Å². The lowest BCUT2D eigenvalue weighted by molar-refractivity contribution is 0.728. The van der Waals surface area contributed by atoms with E-state index < -0.39 is 0 Å². The summed E-state index contributed by atoms with van der Waals surface area (Å²) in [7, 11) is 1.78. The highest BCUT2D eigenvalue weighted by Crippen LogP contribution is 2.34. The van der Waals surface area contributed by atoms with E-state index in [4.69, 9.17) is 4.98 Å². The second-order valence-electron chi connectivity index (χ2n) is 6.80. The minimum Gasteiger partial charge on any atom is -0.290 e. The standard InChI is InChI=1S/C20H17N5OS3/c1-11-7-12(2)25-8-13(22-19(25)21-11)9-29-20-23-17-16(18(26)24(20)3)14(10-28-17)15-5-4-6-27-15/h4-8,10H,9H2,1-3H3. The molecular formula is C20H17N5OS3. The lowest BCUT2D eigenvalue weighted by atomic mass is 10.2. The summed E-state index contributed by atoms with van der Waals surface area (Å²) in [6, 6.07) is 6.07. The summed E-state index contributed by atoms with van der Waals surface area (Å²) in [6.45, 7) is 4.01. The first kappa shape index (κ1) is 18.5. The van der Waals surface area contributed by atoms with E-state index in [0.717, 1.165) is 32.4 Å². The molecule has 0 atom stereocenters. The number of hydrogen-bond acceptors (Lipinski definition) is 7. The van der Waals surface area contributed by atoms with E-state index >= 15 is 0 Å². The molecule has 0 unspecified atom stereocenters. The molecule has 0 aliphatic heterocycles. The van der Waals surface area contributed by atoms with Crippen LogP contribution < -0.4 is 5.56 Å². The van der Waals surface area contributed by atoms with Crippen LogP contribution in [0.3, 0.4) is 0 Å². The summed E-state index contributed by atoms with van der Waals surface area (Å²) in [5.41, 5.74) is 3.93. The van der Waals surface area contributed by atoms with E-state index in [9.17, 15) is 4.79 Å². The molecule has 0 saturated heterocycles. The maximum atomic E-state index is 13.1. The molecule has 5 heterocycles. The number of thiophene rings is 2. The van der Waals surface area contributed by atoms with Crippen molar-refractivity contribution >= 4 is 50.4 Å². The summed E-state index contributed by atoms with van der Waals surface area (Å²) in [5, 5.41) is 5.44. The van der Waals surface area contributed by atoms with Gasteiger partial charge in [-0.05, 0) is 31.4 Å². The summed E-state index contributed by atoms with van der Waals surface area (Å²) in [4.78, 5) is 28.8. The molecule has 0 N–H and O–H groups in total. The van der Waals surface area contributed by atoms with Crippen molar-refractivity contribution in [3.63, 3.8) is 0 Å². The third-order valence-corrected chi connectivity index (χ3v) is 7.56. The number of aromatic nitrogens is 5. The molecule has 5 rings (SSSR count). The SMILES string of the molecule is Cc1cc(C)n2cc(CSc3nc4scc(-c5cccs5)c4c(=O)n3C)nc2n1. The Bertz CT molecular complexity index is 1410. The fraction of sp³-hybridized carbons (Fsp3) is 0.200. The van der Waals surface area contributed by atoms with Crippen LogP contribution in [0.5, 0.6) is 0 Å². The van der Waals surface area contributed by atoms with Gasteiger partial charge in [0.05, 0.1) is 11.1 Å². The molecule has 0 amide bonds. The molecule has 0 aliphatic rings. The van der Waals surface area contributed by atoms with Gasteiger partial charge in [-0.2, -0.15) is 0 Å². The van der Waals surface area contributed by atoms with Crippen molar-refractivity contribution in [2.45, 2.75) is 24.8 Å². The number of thioether (sulfide) groups is 1. The molecule has 0 bridgehead atoms. The monoisotopic (exact) mass is 439 g/mol. The zero-order valence-corrected chi connectivity index (χ0v) is 18.5. The first-order valence-electron chi connectivity index (χ1n) is 8.98. The molecule has 5 aromatic rings. The highest BCUT2D eigenvalue weighted by atomic mass is 32.2. The number of imidazole rings is 1.